The van der Waals surface area contributed by atoms with Gasteiger partial charge in [0.15, 0.2) is 5.75 Å². The Hall–Kier alpha value is -2.86. The van der Waals surface area contributed by atoms with E-state index in [4.69, 9.17) is 5.26 Å². The van der Waals surface area contributed by atoms with Crippen molar-refractivity contribution in [3.63, 3.8) is 0 Å². The van der Waals surface area contributed by atoms with Gasteiger partial charge in [0.2, 0.25) is 0 Å². The molecule has 0 spiro atoms. The quantitative estimate of drug-likeness (QED) is 0.715. The van der Waals surface area contributed by atoms with E-state index in [-0.39, 0.29) is 11.3 Å². The summed E-state index contributed by atoms with van der Waals surface area (Å²) < 4.78 is 0. The van der Waals surface area contributed by atoms with Crippen molar-refractivity contribution >= 4 is 10.8 Å². The maximum absolute atomic E-state index is 9.51. The number of benzene rings is 2. The zero-order chi connectivity index (χ0) is 13.2. The van der Waals surface area contributed by atoms with Crippen LogP contribution in [0.25, 0.3) is 22.0 Å². The van der Waals surface area contributed by atoms with Crippen LogP contribution in [0.3, 0.4) is 0 Å². The van der Waals surface area contributed by atoms with E-state index in [0.29, 0.717) is 5.69 Å². The van der Waals surface area contributed by atoms with Gasteiger partial charge in [-0.15, -0.1) is 0 Å². The van der Waals surface area contributed by atoms with Gasteiger partial charge < -0.3 is 5.11 Å². The van der Waals surface area contributed by atoms with Gasteiger partial charge in [-0.3, -0.25) is 4.98 Å². The molecule has 0 aliphatic rings. The lowest BCUT2D eigenvalue weighted by molar-refractivity contribution is 0.471. The Kier molecular flexibility index (Phi) is 2.62. The second-order valence-corrected chi connectivity index (χ2v) is 4.23. The summed E-state index contributed by atoms with van der Waals surface area (Å²) in [5, 5.41) is 20.7. The summed E-state index contributed by atoms with van der Waals surface area (Å²) in [6.45, 7) is 0. The van der Waals surface area contributed by atoms with Crippen LogP contribution in [0.2, 0.25) is 0 Å². The van der Waals surface area contributed by atoms with Gasteiger partial charge in [0.1, 0.15) is 6.07 Å². The number of hydrogen-bond acceptors (Lipinski definition) is 3. The van der Waals surface area contributed by atoms with Crippen molar-refractivity contribution in [1.29, 1.82) is 5.26 Å². The minimum Gasteiger partial charge on any atom is -0.505 e. The van der Waals surface area contributed by atoms with E-state index >= 15 is 0 Å². The van der Waals surface area contributed by atoms with E-state index in [0.717, 1.165) is 16.3 Å². The summed E-state index contributed by atoms with van der Waals surface area (Å²) in [4.78, 5) is 4.21. The largest absolute Gasteiger partial charge is 0.505 e. The Bertz CT molecular complexity index is 798. The third-order valence-corrected chi connectivity index (χ3v) is 3.07. The van der Waals surface area contributed by atoms with E-state index in [1.165, 1.54) is 6.20 Å². The molecule has 0 atom stereocenters. The van der Waals surface area contributed by atoms with Crippen molar-refractivity contribution in [3.8, 4) is 23.1 Å². The molecule has 3 aromatic rings. The fraction of sp³-hybridized carbons (Fsp3) is 0. The van der Waals surface area contributed by atoms with E-state index in [9.17, 15) is 5.11 Å². The van der Waals surface area contributed by atoms with E-state index in [2.05, 4.69) is 4.98 Å². The molecule has 3 nitrogen and oxygen atoms in total. The first kappa shape index (κ1) is 11.2. The third-order valence-electron chi connectivity index (χ3n) is 3.07. The van der Waals surface area contributed by atoms with Crippen LogP contribution in [-0.4, -0.2) is 10.1 Å². The topological polar surface area (TPSA) is 56.9 Å². The number of fused-ring (bicyclic) bond motifs is 1. The number of aromatic hydroxyl groups is 1. The molecule has 3 heteroatoms. The van der Waals surface area contributed by atoms with E-state index < -0.39 is 0 Å². The lowest BCUT2D eigenvalue weighted by atomic mass is 10.0. The predicted octanol–water partition coefficient (Wildman–Crippen LogP) is 3.48. The van der Waals surface area contributed by atoms with Crippen molar-refractivity contribution in [2.45, 2.75) is 0 Å². The monoisotopic (exact) mass is 246 g/mol. The van der Waals surface area contributed by atoms with Gasteiger partial charge >= 0.3 is 0 Å². The van der Waals surface area contributed by atoms with Crippen LogP contribution in [-0.2, 0) is 0 Å². The fourth-order valence-corrected chi connectivity index (χ4v) is 2.13. The third kappa shape index (κ3) is 1.90. The highest BCUT2D eigenvalue weighted by Crippen LogP contribution is 2.29. The molecule has 0 amide bonds. The number of nitriles is 1. The van der Waals surface area contributed by atoms with Crippen LogP contribution in [0, 0.1) is 11.3 Å². The molecule has 0 unspecified atom stereocenters. The highest BCUT2D eigenvalue weighted by atomic mass is 16.3. The summed E-state index contributed by atoms with van der Waals surface area (Å²) in [6, 6.07) is 17.5. The van der Waals surface area contributed by atoms with Crippen LogP contribution in [0.15, 0.2) is 54.7 Å². The molecule has 90 valence electrons. The number of hydrogen-bond donors (Lipinski definition) is 1. The van der Waals surface area contributed by atoms with Crippen molar-refractivity contribution in [2.24, 2.45) is 0 Å². The zero-order valence-electron chi connectivity index (χ0n) is 10.0. The average molecular weight is 246 g/mol. The van der Waals surface area contributed by atoms with Crippen molar-refractivity contribution in [1.82, 2.24) is 4.98 Å². The predicted molar refractivity (Wildman–Crippen MR) is 73.6 cm³/mol. The number of rotatable bonds is 1. The second-order valence-electron chi connectivity index (χ2n) is 4.23. The molecular weight excluding hydrogens is 236 g/mol. The summed E-state index contributed by atoms with van der Waals surface area (Å²) in [5.74, 6) is -0.0912. The summed E-state index contributed by atoms with van der Waals surface area (Å²) >= 11 is 0. The van der Waals surface area contributed by atoms with Crippen LogP contribution in [0.4, 0.5) is 0 Å². The highest BCUT2D eigenvalue weighted by molar-refractivity contribution is 5.95. The molecule has 0 saturated heterocycles. The number of nitrogens with zero attached hydrogens (tertiary/aromatic N) is 2. The average Bonchev–Trinajstić information content (AvgIpc) is 2.47. The lowest BCUT2D eigenvalue weighted by Gasteiger charge is -2.06. The van der Waals surface area contributed by atoms with Crippen molar-refractivity contribution in [2.75, 3.05) is 0 Å². The molecule has 0 aliphatic carbocycles. The minimum atomic E-state index is -0.0912. The molecule has 2 aromatic carbocycles. The molecule has 0 fully saturated rings. The van der Waals surface area contributed by atoms with Crippen LogP contribution in [0.5, 0.6) is 5.75 Å². The second kappa shape index (κ2) is 4.43. The SMILES string of the molecule is N#Cc1cc(-c2cccc3ccccc23)ncc1O. The maximum atomic E-state index is 9.51. The standard InChI is InChI=1S/C16H10N2O/c17-9-12-8-15(18-10-16(12)19)14-7-3-5-11-4-1-2-6-13(11)14/h1-8,10,19H. The molecule has 0 bridgehead atoms. The molecule has 1 N–H and O–H groups in total. The molecule has 0 saturated carbocycles. The van der Waals surface area contributed by atoms with Gasteiger partial charge in [-0.25, -0.2) is 0 Å². The van der Waals surface area contributed by atoms with Gasteiger partial charge in [-0.2, -0.15) is 5.26 Å². The van der Waals surface area contributed by atoms with Crippen molar-refractivity contribution < 1.29 is 5.11 Å². The van der Waals surface area contributed by atoms with E-state index in [1.807, 2.05) is 48.5 Å². The first-order chi connectivity index (χ1) is 9.29. The Morgan fingerprint density at radius 2 is 1.84 bits per heavy atom. The summed E-state index contributed by atoms with van der Waals surface area (Å²) in [5.41, 5.74) is 1.87. The molecule has 0 radical (unpaired) electrons. The van der Waals surface area contributed by atoms with Gasteiger partial charge in [0.05, 0.1) is 17.5 Å². The minimum absolute atomic E-state index is 0.0912. The normalized spacial score (nSPS) is 10.3. The van der Waals surface area contributed by atoms with Gasteiger partial charge in [-0.05, 0) is 16.8 Å². The van der Waals surface area contributed by atoms with Crippen LogP contribution in [0.1, 0.15) is 5.56 Å². The van der Waals surface area contributed by atoms with Gasteiger partial charge in [-0.1, -0.05) is 42.5 Å². The smallest absolute Gasteiger partial charge is 0.151 e. The van der Waals surface area contributed by atoms with Gasteiger partial charge in [0, 0.05) is 5.56 Å². The lowest BCUT2D eigenvalue weighted by Crippen LogP contribution is -1.87. The Balaban J connectivity index is 2.28. The molecule has 1 aromatic heterocycles. The van der Waals surface area contributed by atoms with E-state index in [1.54, 1.807) is 6.07 Å². The number of pyridine rings is 1. The number of aromatic nitrogens is 1. The summed E-state index contributed by atoms with van der Waals surface area (Å²) in [6.07, 6.45) is 1.32. The first-order valence-corrected chi connectivity index (χ1v) is 5.87. The van der Waals surface area contributed by atoms with Crippen molar-refractivity contribution in [3.05, 3.63) is 60.3 Å². The molecular formula is C16H10N2O. The zero-order valence-corrected chi connectivity index (χ0v) is 10.0. The maximum Gasteiger partial charge on any atom is 0.151 e. The molecule has 19 heavy (non-hydrogen) atoms. The van der Waals surface area contributed by atoms with Gasteiger partial charge in [0.25, 0.3) is 0 Å². The summed E-state index contributed by atoms with van der Waals surface area (Å²) in [7, 11) is 0. The molecule has 1 heterocycles. The Labute approximate surface area is 110 Å². The first-order valence-electron chi connectivity index (χ1n) is 5.87. The Morgan fingerprint density at radius 1 is 1.05 bits per heavy atom. The fourth-order valence-electron chi connectivity index (χ4n) is 2.13. The molecule has 3 rings (SSSR count). The molecule has 0 aliphatic heterocycles. The highest BCUT2D eigenvalue weighted by Gasteiger charge is 2.08. The van der Waals surface area contributed by atoms with Crippen LogP contribution < -0.4 is 0 Å². The van der Waals surface area contributed by atoms with Crippen LogP contribution >= 0.6 is 0 Å². The Morgan fingerprint density at radius 3 is 2.68 bits per heavy atom.